The quantitative estimate of drug-likeness (QED) is 0.383. The Hall–Kier alpha value is 0.480. The van der Waals surface area contributed by atoms with Crippen LogP contribution in [0.1, 0.15) is 123 Å². The average Bonchev–Trinajstić information content (AvgIpc) is 2.75. The lowest BCUT2D eigenvalue weighted by atomic mass is 10.1. The molecule has 0 aliphatic rings. The van der Waals surface area contributed by atoms with E-state index >= 15 is 0 Å². The molecule has 0 radical (unpaired) electrons. The zero-order chi connectivity index (χ0) is 37.0. The molecule has 0 nitrogen and oxygen atoms in total. The van der Waals surface area contributed by atoms with Crippen molar-refractivity contribution >= 4 is 15.9 Å². The minimum atomic E-state index is -4.96. The molecule has 0 bridgehead atoms. The van der Waals surface area contributed by atoms with Gasteiger partial charge in [0.25, 0.3) is 0 Å². The monoisotopic (exact) mass is 305 g/mol. The molecule has 1 heteroatoms. The van der Waals surface area contributed by atoms with Gasteiger partial charge in [-0.15, -0.1) is 0 Å². The van der Waals surface area contributed by atoms with Gasteiger partial charge in [0, 0.05) is 45.0 Å². The highest BCUT2D eigenvalue weighted by Gasteiger charge is 1.92. The van der Waals surface area contributed by atoms with E-state index in [1.54, 1.807) is 0 Å². The fraction of sp³-hybridized carbons (Fsp3) is 1.00. The lowest BCUT2D eigenvalue weighted by Crippen LogP contribution is -1.82. The van der Waals surface area contributed by atoms with Crippen molar-refractivity contribution in [3.63, 3.8) is 0 Å². The molecule has 0 amide bonds. The highest BCUT2D eigenvalue weighted by Crippen LogP contribution is 2.11. The van der Waals surface area contributed by atoms with Gasteiger partial charge in [-0.2, -0.15) is 0 Å². The van der Waals surface area contributed by atoms with Gasteiger partial charge < -0.3 is 0 Å². The van der Waals surface area contributed by atoms with Crippen LogP contribution in [0.25, 0.3) is 0 Å². The first kappa shape index (κ1) is 1.72. The standard InChI is InChI=1S/C14H29Br/c1-2-3-4-5-6-7-8-9-10-11-12-13-14-15/h2-14H2,1H3/i1D3,2D2,3D2,4D2,5D2,6D2,7D2,8D2,9D2,10D2,11D2,12D2,13D2,14D2. The maximum atomic E-state index is 8.09. The lowest BCUT2D eigenvalue weighted by molar-refractivity contribution is 0.548. The van der Waals surface area contributed by atoms with E-state index in [0.717, 1.165) is 0 Å². The van der Waals surface area contributed by atoms with Crippen molar-refractivity contribution in [2.24, 2.45) is 0 Å². The van der Waals surface area contributed by atoms with Crippen LogP contribution in [0.5, 0.6) is 0 Å². The molecule has 0 heterocycles. The Morgan fingerprint density at radius 2 is 1.13 bits per heavy atom. The topological polar surface area (TPSA) is 0 Å². The Bertz CT molecular complexity index is 969. The predicted octanol–water partition coefficient (Wildman–Crippen LogP) is 6.08. The molecule has 0 saturated carbocycles. The van der Waals surface area contributed by atoms with Crippen LogP contribution in [-0.2, 0) is 0 Å². The number of hydrogen-bond acceptors (Lipinski definition) is 0. The van der Waals surface area contributed by atoms with Gasteiger partial charge in [0.05, 0.1) is 0 Å². The van der Waals surface area contributed by atoms with E-state index in [0.29, 0.717) is 0 Å². The molecule has 0 aromatic rings. The summed E-state index contributed by atoms with van der Waals surface area (Å²) in [4.78, 5) is 0. The fourth-order valence-electron chi connectivity index (χ4n) is 0.336. The van der Waals surface area contributed by atoms with E-state index in [-0.39, 0.29) is 0 Å². The molecule has 0 aliphatic carbocycles. The van der Waals surface area contributed by atoms with Gasteiger partial charge in [0.1, 0.15) is 0 Å². The average molecular weight is 306 g/mol. The van der Waals surface area contributed by atoms with Gasteiger partial charge in [-0.1, -0.05) is 92.9 Å². The summed E-state index contributed by atoms with van der Waals surface area (Å²) in [5.74, 6) is 0. The van der Waals surface area contributed by atoms with Crippen LogP contribution in [0.2, 0.25) is 0 Å². The van der Waals surface area contributed by atoms with E-state index < -0.39 is 88.6 Å². The highest BCUT2D eigenvalue weighted by molar-refractivity contribution is 9.09. The summed E-state index contributed by atoms with van der Waals surface area (Å²) in [6.45, 7) is -4.05. The normalized spacial score (nSPS) is 52.7. The molecule has 0 N–H and O–H groups in total. The number of alkyl halides is 1. The summed E-state index contributed by atoms with van der Waals surface area (Å²) >= 11 is 2.11. The Kier molecular flexibility index (Phi) is 1.66. The van der Waals surface area contributed by atoms with Crippen molar-refractivity contribution in [3.05, 3.63) is 0 Å². The van der Waals surface area contributed by atoms with Gasteiger partial charge in [0.15, 0.2) is 0 Å². The van der Waals surface area contributed by atoms with Gasteiger partial charge in [-0.05, 0) is 6.37 Å². The molecule has 0 aliphatic heterocycles. The lowest BCUT2D eigenvalue weighted by Gasteiger charge is -2.01. The predicted molar refractivity (Wildman–Crippen MR) is 74.9 cm³/mol. The van der Waals surface area contributed by atoms with Crippen molar-refractivity contribution in [3.8, 4) is 0 Å². The first-order chi connectivity index (χ1) is 18.2. The second-order valence-electron chi connectivity index (χ2n) is 1.59. The Labute approximate surface area is 146 Å². The third-order valence-corrected chi connectivity index (χ3v) is 0.933. The van der Waals surface area contributed by atoms with Crippen LogP contribution in [0.3, 0.4) is 0 Å². The fourth-order valence-corrected chi connectivity index (χ4v) is 0.435. The summed E-state index contributed by atoms with van der Waals surface area (Å²) in [7, 11) is 0. The van der Waals surface area contributed by atoms with Crippen molar-refractivity contribution < 1.29 is 39.8 Å². The molecule has 0 rings (SSSR count). The SMILES string of the molecule is [2H]C([2H])([2H])C([2H])([2H])C([2H])([2H])C([2H])([2H])C([2H])([2H])C([2H])([2H])C([2H])([2H])C([2H])([2H])C([2H])([2H])C([2H])([2H])C([2H])([2H])C([2H])([2H])C([2H])([2H])C([2H])([2H])Br. The maximum Gasteiger partial charge on any atom is 0.0387 e. The molecule has 0 atom stereocenters. The first-order valence-corrected chi connectivity index (χ1v) is 4.23. The molecular formula is C14H29Br. The molecular weight excluding hydrogens is 248 g/mol. The second kappa shape index (κ2) is 14.5. The maximum absolute atomic E-state index is 8.09. The minimum absolute atomic E-state index is 2.11. The first-order valence-electron chi connectivity index (χ1n) is 17.9. The summed E-state index contributed by atoms with van der Waals surface area (Å²) in [6, 6.07) is 0. The van der Waals surface area contributed by atoms with Crippen molar-refractivity contribution in [2.75, 3.05) is 5.28 Å². The zero-order valence-corrected chi connectivity index (χ0v) is 8.96. The van der Waals surface area contributed by atoms with Gasteiger partial charge in [-0.3, -0.25) is 0 Å². The molecule has 0 spiro atoms. The van der Waals surface area contributed by atoms with E-state index in [4.69, 9.17) is 39.8 Å². The zero-order valence-electron chi connectivity index (χ0n) is 36.4. The molecule has 0 saturated heterocycles. The Balaban J connectivity index is 7.52. The molecule has 15 heavy (non-hydrogen) atoms. The second-order valence-corrected chi connectivity index (χ2v) is 1.99. The van der Waals surface area contributed by atoms with Gasteiger partial charge >= 0.3 is 0 Å². The summed E-state index contributed by atoms with van der Waals surface area (Å²) < 4.78 is 227. The number of rotatable bonds is 12. The minimum Gasteiger partial charge on any atom is -0.0928 e. The number of hydrogen-bond donors (Lipinski definition) is 0. The van der Waals surface area contributed by atoms with Crippen molar-refractivity contribution in [2.45, 2.75) is 83.3 Å². The molecule has 0 aromatic carbocycles. The smallest absolute Gasteiger partial charge is 0.0387 e. The van der Waals surface area contributed by atoms with Crippen LogP contribution in [0.15, 0.2) is 0 Å². The largest absolute Gasteiger partial charge is 0.0928 e. The van der Waals surface area contributed by atoms with Crippen LogP contribution in [-0.4, -0.2) is 5.28 Å². The van der Waals surface area contributed by atoms with Gasteiger partial charge in [-0.25, -0.2) is 0 Å². The van der Waals surface area contributed by atoms with E-state index in [2.05, 4.69) is 15.9 Å². The molecule has 0 unspecified atom stereocenters. The van der Waals surface area contributed by atoms with E-state index in [1.165, 1.54) is 0 Å². The third-order valence-electron chi connectivity index (χ3n) is 0.735. The van der Waals surface area contributed by atoms with E-state index in [9.17, 15) is 0 Å². The van der Waals surface area contributed by atoms with Crippen LogP contribution < -0.4 is 0 Å². The summed E-state index contributed by atoms with van der Waals surface area (Å²) in [5, 5.41) is -3.49. The van der Waals surface area contributed by atoms with E-state index in [1.807, 2.05) is 0 Å². The van der Waals surface area contributed by atoms with Crippen LogP contribution >= 0.6 is 15.9 Å². The molecule has 0 fully saturated rings. The summed E-state index contributed by atoms with van der Waals surface area (Å²) in [5.41, 5.74) is 0. The van der Waals surface area contributed by atoms with Crippen LogP contribution in [0.4, 0.5) is 0 Å². The highest BCUT2D eigenvalue weighted by atomic mass is 79.9. The van der Waals surface area contributed by atoms with Crippen LogP contribution in [0, 0.1) is 0 Å². The Morgan fingerprint density at radius 3 is 1.53 bits per heavy atom. The van der Waals surface area contributed by atoms with Crippen molar-refractivity contribution in [1.29, 1.82) is 0 Å². The number of halogens is 1. The summed E-state index contributed by atoms with van der Waals surface area (Å²) in [6.07, 6.45) is -56.3. The Morgan fingerprint density at radius 1 is 0.733 bits per heavy atom. The molecule has 92 valence electrons. The van der Waals surface area contributed by atoms with Crippen molar-refractivity contribution in [1.82, 2.24) is 0 Å². The third kappa shape index (κ3) is 14.5. The molecule has 0 aromatic heterocycles. The van der Waals surface area contributed by atoms with Gasteiger partial charge in [0.2, 0.25) is 0 Å².